The van der Waals surface area contributed by atoms with Gasteiger partial charge in [0.2, 0.25) is 0 Å². The lowest BCUT2D eigenvalue weighted by Gasteiger charge is -2.19. The number of nitrogens with zero attached hydrogens (tertiary/aromatic N) is 1. The second-order valence-electron chi connectivity index (χ2n) is 4.86. The number of carboxylic acids is 1. The molecule has 1 saturated heterocycles. The summed E-state index contributed by atoms with van der Waals surface area (Å²) in [5.74, 6) is -0.631. The molecule has 5 heteroatoms. The summed E-state index contributed by atoms with van der Waals surface area (Å²) >= 11 is 5.79. The van der Waals surface area contributed by atoms with Crippen molar-refractivity contribution in [3.63, 3.8) is 0 Å². The number of benzene rings is 1. The molecule has 0 saturated carbocycles. The summed E-state index contributed by atoms with van der Waals surface area (Å²) in [6, 6.07) is 5.22. The van der Waals surface area contributed by atoms with Crippen molar-refractivity contribution in [3.8, 4) is 5.75 Å². The van der Waals surface area contributed by atoms with Gasteiger partial charge in [-0.15, -0.1) is 0 Å². The van der Waals surface area contributed by atoms with Crippen LogP contribution in [0.1, 0.15) is 29.6 Å². The van der Waals surface area contributed by atoms with Crippen molar-refractivity contribution < 1.29 is 14.6 Å². The van der Waals surface area contributed by atoms with Crippen LogP contribution in [0.2, 0.25) is 5.02 Å². The first kappa shape index (κ1) is 14.2. The summed E-state index contributed by atoms with van der Waals surface area (Å²) in [6.07, 6.45) is 3.33. The Morgan fingerprint density at radius 3 is 3.00 bits per heavy atom. The van der Waals surface area contributed by atoms with Crippen LogP contribution >= 0.6 is 11.6 Å². The number of hydrogen-bond donors (Lipinski definition) is 1. The number of hydrogen-bond acceptors (Lipinski definition) is 3. The first-order valence-corrected chi connectivity index (χ1v) is 6.81. The molecule has 0 bridgehead atoms. The predicted molar refractivity (Wildman–Crippen MR) is 74.2 cm³/mol. The minimum atomic E-state index is -1.02. The highest BCUT2D eigenvalue weighted by molar-refractivity contribution is 6.31. The lowest BCUT2D eigenvalue weighted by atomic mass is 10.1. The number of carboxylic acid groups (broad SMARTS) is 1. The molecule has 19 heavy (non-hydrogen) atoms. The van der Waals surface area contributed by atoms with Gasteiger partial charge in [-0.25, -0.2) is 4.79 Å². The molecule has 1 aromatic rings. The monoisotopic (exact) mass is 283 g/mol. The topological polar surface area (TPSA) is 49.8 Å². The molecular formula is C14H18ClNO3. The van der Waals surface area contributed by atoms with E-state index in [0.29, 0.717) is 23.4 Å². The van der Waals surface area contributed by atoms with Crippen molar-refractivity contribution in [3.05, 3.63) is 28.8 Å². The third-order valence-corrected chi connectivity index (χ3v) is 3.79. The zero-order valence-electron chi connectivity index (χ0n) is 10.9. The molecule has 0 spiro atoms. The lowest BCUT2D eigenvalue weighted by Crippen LogP contribution is -2.26. The number of likely N-dealkylation sites (tertiary alicyclic amines) is 1. The van der Waals surface area contributed by atoms with Gasteiger partial charge in [0, 0.05) is 11.1 Å². The van der Waals surface area contributed by atoms with Gasteiger partial charge in [-0.1, -0.05) is 11.6 Å². The largest absolute Gasteiger partial charge is 0.493 e. The second-order valence-corrected chi connectivity index (χ2v) is 5.30. The Kier molecular flexibility index (Phi) is 4.66. The Hall–Kier alpha value is -1.26. The van der Waals surface area contributed by atoms with E-state index >= 15 is 0 Å². The summed E-state index contributed by atoms with van der Waals surface area (Å²) in [4.78, 5) is 13.4. The first-order valence-electron chi connectivity index (χ1n) is 6.44. The van der Waals surface area contributed by atoms with Gasteiger partial charge in [-0.05, 0) is 51.1 Å². The van der Waals surface area contributed by atoms with E-state index in [4.69, 9.17) is 21.4 Å². The van der Waals surface area contributed by atoms with Gasteiger partial charge in [0.15, 0.2) is 0 Å². The maximum absolute atomic E-state index is 11.1. The maximum Gasteiger partial charge on any atom is 0.339 e. The van der Waals surface area contributed by atoms with Gasteiger partial charge in [0.1, 0.15) is 11.3 Å². The van der Waals surface area contributed by atoms with Gasteiger partial charge in [-0.2, -0.15) is 0 Å². The van der Waals surface area contributed by atoms with Crippen LogP contribution in [0.15, 0.2) is 18.2 Å². The molecule has 1 unspecified atom stereocenters. The van der Waals surface area contributed by atoms with Crippen LogP contribution in [-0.4, -0.2) is 42.2 Å². The van der Waals surface area contributed by atoms with Crippen molar-refractivity contribution >= 4 is 17.6 Å². The molecule has 1 atom stereocenters. The molecule has 1 aliphatic heterocycles. The first-order chi connectivity index (χ1) is 9.08. The van der Waals surface area contributed by atoms with Gasteiger partial charge < -0.3 is 14.7 Å². The van der Waals surface area contributed by atoms with Crippen LogP contribution < -0.4 is 4.74 Å². The highest BCUT2D eigenvalue weighted by atomic mass is 35.5. The molecule has 1 fully saturated rings. The number of halogens is 1. The minimum Gasteiger partial charge on any atom is -0.493 e. The van der Waals surface area contributed by atoms with Gasteiger partial charge in [0.05, 0.1) is 6.61 Å². The van der Waals surface area contributed by atoms with E-state index in [1.54, 1.807) is 12.1 Å². The third-order valence-electron chi connectivity index (χ3n) is 3.55. The summed E-state index contributed by atoms with van der Waals surface area (Å²) in [5.41, 5.74) is 0.118. The second kappa shape index (κ2) is 6.26. The molecule has 1 aliphatic rings. The minimum absolute atomic E-state index is 0.118. The van der Waals surface area contributed by atoms with Crippen LogP contribution in [-0.2, 0) is 0 Å². The third kappa shape index (κ3) is 3.61. The number of aromatic carboxylic acids is 1. The van der Waals surface area contributed by atoms with E-state index in [9.17, 15) is 4.79 Å². The fraction of sp³-hybridized carbons (Fsp3) is 0.500. The van der Waals surface area contributed by atoms with E-state index < -0.39 is 5.97 Å². The number of rotatable bonds is 5. The van der Waals surface area contributed by atoms with Crippen molar-refractivity contribution in [2.75, 3.05) is 20.2 Å². The Labute approximate surface area is 117 Å². The summed E-state index contributed by atoms with van der Waals surface area (Å²) in [7, 11) is 2.11. The molecule has 1 N–H and O–H groups in total. The average Bonchev–Trinajstić information content (AvgIpc) is 2.77. The average molecular weight is 284 g/mol. The van der Waals surface area contributed by atoms with Crippen LogP contribution in [0.25, 0.3) is 0 Å². The zero-order valence-corrected chi connectivity index (χ0v) is 11.7. The van der Waals surface area contributed by atoms with Gasteiger partial charge >= 0.3 is 5.97 Å². The molecule has 0 radical (unpaired) electrons. The quantitative estimate of drug-likeness (QED) is 0.903. The smallest absolute Gasteiger partial charge is 0.339 e. The maximum atomic E-state index is 11.1. The molecule has 2 rings (SSSR count). The molecule has 104 valence electrons. The Morgan fingerprint density at radius 2 is 2.37 bits per heavy atom. The van der Waals surface area contributed by atoms with Gasteiger partial charge in [-0.3, -0.25) is 0 Å². The molecule has 0 amide bonds. The molecule has 0 aromatic heterocycles. The lowest BCUT2D eigenvalue weighted by molar-refractivity contribution is 0.0692. The van der Waals surface area contributed by atoms with Crippen LogP contribution in [0.3, 0.4) is 0 Å². The highest BCUT2D eigenvalue weighted by Gasteiger charge is 2.20. The van der Waals surface area contributed by atoms with E-state index in [2.05, 4.69) is 11.9 Å². The SMILES string of the molecule is CN1CCCC1CCOc1ccc(Cl)cc1C(=O)O. The van der Waals surface area contributed by atoms with E-state index in [0.717, 1.165) is 13.0 Å². The Morgan fingerprint density at radius 1 is 1.58 bits per heavy atom. The summed E-state index contributed by atoms with van der Waals surface area (Å²) in [5, 5.41) is 9.50. The predicted octanol–water partition coefficient (Wildman–Crippen LogP) is 2.90. The van der Waals surface area contributed by atoms with E-state index in [1.807, 2.05) is 0 Å². The van der Waals surface area contributed by atoms with E-state index in [1.165, 1.54) is 18.9 Å². The van der Waals surface area contributed by atoms with Crippen LogP contribution in [0.5, 0.6) is 5.75 Å². The van der Waals surface area contributed by atoms with Crippen molar-refractivity contribution in [2.24, 2.45) is 0 Å². The van der Waals surface area contributed by atoms with E-state index in [-0.39, 0.29) is 5.56 Å². The fourth-order valence-corrected chi connectivity index (χ4v) is 2.62. The molecule has 1 aromatic carbocycles. The molecule has 1 heterocycles. The number of carbonyl (C=O) groups is 1. The molecule has 4 nitrogen and oxygen atoms in total. The summed E-state index contributed by atoms with van der Waals surface area (Å²) < 4.78 is 5.60. The van der Waals surface area contributed by atoms with Gasteiger partial charge in [0.25, 0.3) is 0 Å². The normalized spacial score (nSPS) is 19.6. The zero-order chi connectivity index (χ0) is 13.8. The summed E-state index contributed by atoms with van der Waals surface area (Å²) in [6.45, 7) is 1.66. The van der Waals surface area contributed by atoms with Crippen molar-refractivity contribution in [1.29, 1.82) is 0 Å². The van der Waals surface area contributed by atoms with Crippen LogP contribution in [0.4, 0.5) is 0 Å². The molecular weight excluding hydrogens is 266 g/mol. The Balaban J connectivity index is 1.94. The Bertz CT molecular complexity index is 464. The van der Waals surface area contributed by atoms with Crippen LogP contribution in [0, 0.1) is 0 Å². The standard InChI is InChI=1S/C14H18ClNO3/c1-16-7-2-3-11(16)6-8-19-13-5-4-10(15)9-12(13)14(17)18/h4-5,9,11H,2-3,6-8H2,1H3,(H,17,18). The number of ether oxygens (including phenoxy) is 1. The van der Waals surface area contributed by atoms with Crippen molar-refractivity contribution in [1.82, 2.24) is 4.90 Å². The van der Waals surface area contributed by atoms with Crippen molar-refractivity contribution in [2.45, 2.75) is 25.3 Å². The highest BCUT2D eigenvalue weighted by Crippen LogP contribution is 2.24. The fourth-order valence-electron chi connectivity index (χ4n) is 2.44. The molecule has 0 aliphatic carbocycles.